The monoisotopic (exact) mass is 520 g/mol. The molecule has 4 aromatic carbocycles. The number of rotatable bonds is 7. The highest BCUT2D eigenvalue weighted by molar-refractivity contribution is 6.00. The minimum absolute atomic E-state index is 0.499. The molecule has 0 unspecified atom stereocenters. The standard InChI is InChI=1S/C34H28N6/c1-22-20-40(21-24-7-3-2-4-8-24)32-31(22)38-34(36-26-15-11-23(19-35)12-16-26)39-33(32)37-30-18-17-27(25-13-14-25)28-9-5-6-10-29(28)30/h2-12,15-18,20,25H,13-14,21H2,1H3,(H2,36,37,38,39). The maximum Gasteiger partial charge on any atom is 0.229 e. The van der Waals surface area contributed by atoms with Crippen LogP contribution in [0.15, 0.2) is 97.2 Å². The Morgan fingerprint density at radius 1 is 0.850 bits per heavy atom. The molecule has 0 aliphatic heterocycles. The molecule has 7 rings (SSSR count). The van der Waals surface area contributed by atoms with Crippen LogP contribution in [-0.4, -0.2) is 14.5 Å². The zero-order valence-electron chi connectivity index (χ0n) is 22.2. The smallest absolute Gasteiger partial charge is 0.229 e. The molecule has 1 fully saturated rings. The Morgan fingerprint density at radius 2 is 1.60 bits per heavy atom. The van der Waals surface area contributed by atoms with Gasteiger partial charge in [0, 0.05) is 29.5 Å². The van der Waals surface area contributed by atoms with Crippen molar-refractivity contribution in [1.82, 2.24) is 14.5 Å². The quantitative estimate of drug-likeness (QED) is 0.222. The van der Waals surface area contributed by atoms with Crippen LogP contribution in [0.4, 0.5) is 23.1 Å². The van der Waals surface area contributed by atoms with Crippen LogP contribution in [0, 0.1) is 18.3 Å². The molecule has 6 aromatic rings. The van der Waals surface area contributed by atoms with Crippen molar-refractivity contribution >= 4 is 44.9 Å². The number of aromatic nitrogens is 3. The van der Waals surface area contributed by atoms with Crippen molar-refractivity contribution in [3.63, 3.8) is 0 Å². The number of nitrogens with zero attached hydrogens (tertiary/aromatic N) is 4. The first-order chi connectivity index (χ1) is 19.7. The van der Waals surface area contributed by atoms with Crippen LogP contribution in [0.25, 0.3) is 21.8 Å². The van der Waals surface area contributed by atoms with E-state index in [1.54, 1.807) is 12.1 Å². The van der Waals surface area contributed by atoms with Crippen molar-refractivity contribution in [2.24, 2.45) is 0 Å². The van der Waals surface area contributed by atoms with Gasteiger partial charge in [-0.15, -0.1) is 0 Å². The summed E-state index contributed by atoms with van der Waals surface area (Å²) in [5.41, 5.74) is 8.03. The minimum Gasteiger partial charge on any atom is -0.338 e. The van der Waals surface area contributed by atoms with Crippen LogP contribution < -0.4 is 10.6 Å². The number of nitriles is 1. The highest BCUT2D eigenvalue weighted by atomic mass is 15.2. The summed E-state index contributed by atoms with van der Waals surface area (Å²) in [6.45, 7) is 2.80. The summed E-state index contributed by atoms with van der Waals surface area (Å²) in [5, 5.41) is 18.7. The molecule has 1 aliphatic carbocycles. The van der Waals surface area contributed by atoms with E-state index in [9.17, 15) is 5.26 Å². The lowest BCUT2D eigenvalue weighted by Gasteiger charge is -2.16. The third kappa shape index (κ3) is 4.52. The molecule has 2 aromatic heterocycles. The van der Waals surface area contributed by atoms with Crippen molar-refractivity contribution in [1.29, 1.82) is 5.26 Å². The van der Waals surface area contributed by atoms with Crippen molar-refractivity contribution in [2.75, 3.05) is 10.6 Å². The SMILES string of the molecule is Cc1cn(Cc2ccccc2)c2c(Nc3ccc(C4CC4)c4ccccc34)nc(Nc3ccc(C#N)cc3)nc12. The van der Waals surface area contributed by atoms with Gasteiger partial charge in [0.05, 0.1) is 17.1 Å². The summed E-state index contributed by atoms with van der Waals surface area (Å²) in [6, 6.07) is 33.0. The molecule has 0 saturated heterocycles. The van der Waals surface area contributed by atoms with Gasteiger partial charge < -0.3 is 15.2 Å². The lowest BCUT2D eigenvalue weighted by molar-refractivity contribution is 0.833. The van der Waals surface area contributed by atoms with Crippen LogP contribution in [-0.2, 0) is 6.54 Å². The summed E-state index contributed by atoms with van der Waals surface area (Å²) >= 11 is 0. The van der Waals surface area contributed by atoms with Gasteiger partial charge in [0.25, 0.3) is 0 Å². The van der Waals surface area contributed by atoms with E-state index in [2.05, 4.69) is 95.1 Å². The Kier molecular flexibility index (Phi) is 5.90. The summed E-state index contributed by atoms with van der Waals surface area (Å²) in [7, 11) is 0. The summed E-state index contributed by atoms with van der Waals surface area (Å²) in [6.07, 6.45) is 4.68. The number of nitrogens with one attached hydrogen (secondary N) is 2. The van der Waals surface area contributed by atoms with Gasteiger partial charge in [-0.2, -0.15) is 10.2 Å². The fourth-order valence-corrected chi connectivity index (χ4v) is 5.48. The lowest BCUT2D eigenvalue weighted by Crippen LogP contribution is -2.06. The second kappa shape index (κ2) is 9.87. The molecule has 1 aliphatic rings. The zero-order chi connectivity index (χ0) is 27.1. The predicted molar refractivity (Wildman–Crippen MR) is 161 cm³/mol. The lowest BCUT2D eigenvalue weighted by atomic mass is 9.99. The van der Waals surface area contributed by atoms with E-state index in [4.69, 9.17) is 9.97 Å². The van der Waals surface area contributed by atoms with E-state index >= 15 is 0 Å². The first kappa shape index (κ1) is 23.9. The van der Waals surface area contributed by atoms with Crippen LogP contribution in [0.5, 0.6) is 0 Å². The van der Waals surface area contributed by atoms with Gasteiger partial charge >= 0.3 is 0 Å². The number of hydrogen-bond acceptors (Lipinski definition) is 5. The van der Waals surface area contributed by atoms with Gasteiger partial charge in [-0.3, -0.25) is 0 Å². The van der Waals surface area contributed by atoms with Gasteiger partial charge in [0.1, 0.15) is 5.52 Å². The molecule has 0 bridgehead atoms. The van der Waals surface area contributed by atoms with Crippen molar-refractivity contribution in [3.05, 3.63) is 119 Å². The van der Waals surface area contributed by atoms with Crippen LogP contribution in [0.3, 0.4) is 0 Å². The van der Waals surface area contributed by atoms with Crippen molar-refractivity contribution in [3.8, 4) is 6.07 Å². The summed E-state index contributed by atoms with van der Waals surface area (Å²) in [4.78, 5) is 9.94. The number of anilines is 4. The molecule has 0 amide bonds. The van der Waals surface area contributed by atoms with E-state index in [-0.39, 0.29) is 0 Å². The fourth-order valence-electron chi connectivity index (χ4n) is 5.48. The molecule has 194 valence electrons. The second-order valence-electron chi connectivity index (χ2n) is 10.5. The molecule has 6 heteroatoms. The maximum atomic E-state index is 9.17. The van der Waals surface area contributed by atoms with E-state index in [1.165, 1.54) is 34.7 Å². The second-order valence-corrected chi connectivity index (χ2v) is 10.5. The molecular formula is C34H28N6. The van der Waals surface area contributed by atoms with Crippen LogP contribution >= 0.6 is 0 Å². The van der Waals surface area contributed by atoms with E-state index in [1.807, 2.05) is 18.2 Å². The molecule has 6 nitrogen and oxygen atoms in total. The third-order valence-electron chi connectivity index (χ3n) is 7.59. The normalized spacial score (nSPS) is 12.9. The molecular weight excluding hydrogens is 492 g/mol. The number of benzene rings is 4. The van der Waals surface area contributed by atoms with Gasteiger partial charge in [0.15, 0.2) is 5.82 Å². The molecule has 0 atom stereocenters. The zero-order valence-corrected chi connectivity index (χ0v) is 22.2. The highest BCUT2D eigenvalue weighted by Gasteiger charge is 2.26. The van der Waals surface area contributed by atoms with E-state index < -0.39 is 0 Å². The maximum absolute atomic E-state index is 9.17. The van der Waals surface area contributed by atoms with Crippen molar-refractivity contribution < 1.29 is 0 Å². The third-order valence-corrected chi connectivity index (χ3v) is 7.59. The number of aryl methyl sites for hydroxylation is 1. The van der Waals surface area contributed by atoms with Gasteiger partial charge in [-0.1, -0.05) is 60.7 Å². The topological polar surface area (TPSA) is 78.6 Å². The van der Waals surface area contributed by atoms with E-state index in [0.717, 1.165) is 33.8 Å². The Labute approximate surface area is 233 Å². The molecule has 40 heavy (non-hydrogen) atoms. The predicted octanol–water partition coefficient (Wildman–Crippen LogP) is 8.18. The molecule has 0 radical (unpaired) electrons. The first-order valence-corrected chi connectivity index (χ1v) is 13.6. The Balaban J connectivity index is 1.36. The average Bonchev–Trinajstić information content (AvgIpc) is 3.78. The van der Waals surface area contributed by atoms with E-state index in [0.29, 0.717) is 24.0 Å². The minimum atomic E-state index is 0.499. The van der Waals surface area contributed by atoms with Crippen LogP contribution in [0.1, 0.15) is 41.0 Å². The molecule has 0 spiro atoms. The number of fused-ring (bicyclic) bond motifs is 2. The van der Waals surface area contributed by atoms with Gasteiger partial charge in [-0.05, 0) is 78.1 Å². The van der Waals surface area contributed by atoms with Crippen LogP contribution in [0.2, 0.25) is 0 Å². The largest absolute Gasteiger partial charge is 0.338 e. The Bertz CT molecular complexity index is 1890. The highest BCUT2D eigenvalue weighted by Crippen LogP contribution is 2.45. The average molecular weight is 521 g/mol. The Morgan fingerprint density at radius 3 is 2.35 bits per heavy atom. The number of hydrogen-bond donors (Lipinski definition) is 2. The fraction of sp³-hybridized carbons (Fsp3) is 0.147. The van der Waals surface area contributed by atoms with Gasteiger partial charge in [0.2, 0.25) is 5.95 Å². The Hall–Kier alpha value is -5.15. The molecule has 2 heterocycles. The summed E-state index contributed by atoms with van der Waals surface area (Å²) < 4.78 is 2.23. The van der Waals surface area contributed by atoms with Crippen molar-refractivity contribution in [2.45, 2.75) is 32.2 Å². The molecule has 1 saturated carbocycles. The first-order valence-electron chi connectivity index (χ1n) is 13.6. The molecule has 2 N–H and O–H groups in total. The van der Waals surface area contributed by atoms with Gasteiger partial charge in [-0.25, -0.2) is 4.98 Å². The summed E-state index contributed by atoms with van der Waals surface area (Å²) in [5.74, 6) is 1.91.